The van der Waals surface area contributed by atoms with Crippen molar-refractivity contribution < 1.29 is 31.5 Å². The first-order valence-electron chi connectivity index (χ1n) is 9.29. The summed E-state index contributed by atoms with van der Waals surface area (Å²) < 4.78 is 65.7. The van der Waals surface area contributed by atoms with Crippen LogP contribution < -0.4 is 5.32 Å². The van der Waals surface area contributed by atoms with Gasteiger partial charge in [0.1, 0.15) is 11.6 Å². The van der Waals surface area contributed by atoms with Gasteiger partial charge in [-0.05, 0) is 36.2 Å². The Labute approximate surface area is 169 Å². The van der Waals surface area contributed by atoms with Gasteiger partial charge in [-0.3, -0.25) is 9.59 Å². The molecule has 1 atom stereocenters. The van der Waals surface area contributed by atoms with Gasteiger partial charge in [-0.15, -0.1) is 0 Å². The van der Waals surface area contributed by atoms with Gasteiger partial charge in [-0.2, -0.15) is 13.2 Å². The number of hydrogen-bond acceptors (Lipinski definition) is 2. The highest BCUT2D eigenvalue weighted by Gasteiger charge is 2.35. The number of alkyl halides is 3. The highest BCUT2D eigenvalue weighted by atomic mass is 19.4. The number of nitrogens with one attached hydrogen (secondary N) is 1. The number of carbonyl (C=O) groups is 2. The van der Waals surface area contributed by atoms with Crippen LogP contribution in [0, 0.1) is 17.6 Å². The average Bonchev–Trinajstić information content (AvgIpc) is 3.04. The second kappa shape index (κ2) is 8.81. The Morgan fingerprint density at radius 2 is 1.77 bits per heavy atom. The third-order valence-electron chi connectivity index (χ3n) is 4.95. The molecule has 4 nitrogen and oxygen atoms in total. The summed E-state index contributed by atoms with van der Waals surface area (Å²) in [5, 5.41) is 2.56. The van der Waals surface area contributed by atoms with Crippen LogP contribution in [0.15, 0.2) is 42.5 Å². The van der Waals surface area contributed by atoms with Crippen LogP contribution in [0.25, 0.3) is 0 Å². The van der Waals surface area contributed by atoms with Crippen molar-refractivity contribution in [2.45, 2.75) is 25.6 Å². The Morgan fingerprint density at radius 3 is 2.43 bits per heavy atom. The second-order valence-corrected chi connectivity index (χ2v) is 7.11. The van der Waals surface area contributed by atoms with Gasteiger partial charge in [0.05, 0.1) is 11.5 Å². The van der Waals surface area contributed by atoms with Crippen molar-refractivity contribution in [2.75, 3.05) is 13.1 Å². The van der Waals surface area contributed by atoms with Crippen molar-refractivity contribution in [2.24, 2.45) is 5.92 Å². The van der Waals surface area contributed by atoms with Gasteiger partial charge in [-0.1, -0.05) is 18.2 Å². The molecule has 1 fully saturated rings. The fourth-order valence-electron chi connectivity index (χ4n) is 3.39. The molecule has 0 saturated carbocycles. The standard InChI is InChI=1S/C21H19F5N2O2/c22-17-5-2-6-18(23)16(17)7-8-27-20(30)14-10-19(29)28(12-14)11-13-3-1-4-15(9-13)21(24,25)26/h1-6,9,14H,7-8,10-12H2,(H,27,30). The van der Waals surface area contributed by atoms with E-state index in [1.165, 1.54) is 23.1 Å². The summed E-state index contributed by atoms with van der Waals surface area (Å²) in [5.74, 6) is -2.85. The Morgan fingerprint density at radius 1 is 1.10 bits per heavy atom. The van der Waals surface area contributed by atoms with Crippen molar-refractivity contribution in [1.82, 2.24) is 10.2 Å². The number of likely N-dealkylation sites (tertiary alicyclic amines) is 1. The van der Waals surface area contributed by atoms with E-state index < -0.39 is 35.2 Å². The molecule has 1 heterocycles. The van der Waals surface area contributed by atoms with Crippen molar-refractivity contribution >= 4 is 11.8 Å². The predicted octanol–water partition coefficient (Wildman–Crippen LogP) is 3.69. The number of amides is 2. The van der Waals surface area contributed by atoms with Gasteiger partial charge < -0.3 is 10.2 Å². The number of benzene rings is 2. The molecular weight excluding hydrogens is 407 g/mol. The molecule has 1 aliphatic rings. The van der Waals surface area contributed by atoms with Crippen LogP contribution in [0.5, 0.6) is 0 Å². The second-order valence-electron chi connectivity index (χ2n) is 7.11. The van der Waals surface area contributed by atoms with E-state index >= 15 is 0 Å². The van der Waals surface area contributed by atoms with E-state index in [-0.39, 0.29) is 43.9 Å². The number of rotatable bonds is 6. The molecule has 0 aliphatic carbocycles. The molecule has 1 unspecified atom stereocenters. The van der Waals surface area contributed by atoms with Crippen molar-refractivity contribution in [3.8, 4) is 0 Å². The van der Waals surface area contributed by atoms with E-state index in [0.29, 0.717) is 5.56 Å². The fourth-order valence-corrected chi connectivity index (χ4v) is 3.39. The maximum Gasteiger partial charge on any atom is 0.416 e. The van der Waals surface area contributed by atoms with Gasteiger partial charge in [0.15, 0.2) is 0 Å². The van der Waals surface area contributed by atoms with Crippen molar-refractivity contribution in [3.05, 3.63) is 70.8 Å². The summed E-state index contributed by atoms with van der Waals surface area (Å²) in [4.78, 5) is 25.8. The van der Waals surface area contributed by atoms with E-state index in [1.807, 2.05) is 0 Å². The van der Waals surface area contributed by atoms with Gasteiger partial charge in [-0.25, -0.2) is 8.78 Å². The number of hydrogen-bond donors (Lipinski definition) is 1. The van der Waals surface area contributed by atoms with Gasteiger partial charge in [0, 0.05) is 31.6 Å². The molecule has 9 heteroatoms. The zero-order valence-electron chi connectivity index (χ0n) is 15.8. The average molecular weight is 426 g/mol. The summed E-state index contributed by atoms with van der Waals surface area (Å²) in [6.45, 7) is 0.0247. The Kier molecular flexibility index (Phi) is 6.38. The van der Waals surface area contributed by atoms with Gasteiger partial charge in [0.25, 0.3) is 0 Å². The zero-order chi connectivity index (χ0) is 21.9. The predicted molar refractivity (Wildman–Crippen MR) is 98.0 cm³/mol. The van der Waals surface area contributed by atoms with E-state index in [4.69, 9.17) is 0 Å². The molecular formula is C21H19F5N2O2. The molecule has 0 bridgehead atoms. The third kappa shape index (κ3) is 5.14. The minimum absolute atomic E-state index is 0.00496. The van der Waals surface area contributed by atoms with Crippen LogP contribution in [0.4, 0.5) is 22.0 Å². The molecule has 0 aromatic heterocycles. The molecule has 1 saturated heterocycles. The van der Waals surface area contributed by atoms with Crippen LogP contribution >= 0.6 is 0 Å². The Hall–Kier alpha value is -2.97. The SMILES string of the molecule is O=C(NCCc1c(F)cccc1F)C1CC(=O)N(Cc2cccc(C(F)(F)F)c2)C1. The van der Waals surface area contributed by atoms with Crippen LogP contribution in [-0.4, -0.2) is 29.8 Å². The quantitative estimate of drug-likeness (QED) is 0.717. The highest BCUT2D eigenvalue weighted by molar-refractivity contribution is 5.89. The summed E-state index contributed by atoms with van der Waals surface area (Å²) in [6, 6.07) is 8.18. The van der Waals surface area contributed by atoms with Gasteiger partial charge in [0.2, 0.25) is 11.8 Å². The largest absolute Gasteiger partial charge is 0.416 e. The van der Waals surface area contributed by atoms with E-state index in [9.17, 15) is 31.5 Å². The maximum absolute atomic E-state index is 13.6. The molecule has 160 valence electrons. The molecule has 2 aromatic rings. The normalized spacial score (nSPS) is 16.8. The third-order valence-corrected chi connectivity index (χ3v) is 4.95. The molecule has 1 aliphatic heterocycles. The first-order chi connectivity index (χ1) is 14.1. The lowest BCUT2D eigenvalue weighted by atomic mass is 10.1. The number of halogens is 5. The first-order valence-corrected chi connectivity index (χ1v) is 9.29. The fraction of sp³-hybridized carbons (Fsp3) is 0.333. The first kappa shape index (κ1) is 21.7. The van der Waals surface area contributed by atoms with Crippen LogP contribution in [-0.2, 0) is 28.7 Å². The van der Waals surface area contributed by atoms with E-state index in [1.54, 1.807) is 0 Å². The zero-order valence-corrected chi connectivity index (χ0v) is 15.8. The smallest absolute Gasteiger partial charge is 0.355 e. The molecule has 2 aromatic carbocycles. The molecule has 30 heavy (non-hydrogen) atoms. The maximum atomic E-state index is 13.6. The molecule has 0 radical (unpaired) electrons. The topological polar surface area (TPSA) is 49.4 Å². The van der Waals surface area contributed by atoms with E-state index in [0.717, 1.165) is 24.3 Å². The van der Waals surface area contributed by atoms with Crippen molar-refractivity contribution in [3.63, 3.8) is 0 Å². The minimum atomic E-state index is -4.48. The van der Waals surface area contributed by atoms with Crippen LogP contribution in [0.2, 0.25) is 0 Å². The molecule has 1 N–H and O–H groups in total. The molecule has 2 amide bonds. The minimum Gasteiger partial charge on any atom is -0.355 e. The monoisotopic (exact) mass is 426 g/mol. The lowest BCUT2D eigenvalue weighted by molar-refractivity contribution is -0.137. The number of nitrogens with zero attached hydrogens (tertiary/aromatic N) is 1. The Bertz CT molecular complexity index is 925. The van der Waals surface area contributed by atoms with Crippen LogP contribution in [0.1, 0.15) is 23.1 Å². The summed E-state index contributed by atoms with van der Waals surface area (Å²) in [5.41, 5.74) is -0.623. The lowest BCUT2D eigenvalue weighted by Crippen LogP contribution is -2.34. The summed E-state index contributed by atoms with van der Waals surface area (Å²) >= 11 is 0. The summed E-state index contributed by atoms with van der Waals surface area (Å²) in [6.07, 6.45) is -4.59. The Balaban J connectivity index is 1.54. The van der Waals surface area contributed by atoms with Gasteiger partial charge >= 0.3 is 6.18 Å². The molecule has 0 spiro atoms. The lowest BCUT2D eigenvalue weighted by Gasteiger charge is -2.17. The molecule has 3 rings (SSSR count). The summed E-state index contributed by atoms with van der Waals surface area (Å²) in [7, 11) is 0. The van der Waals surface area contributed by atoms with E-state index in [2.05, 4.69) is 5.32 Å². The highest BCUT2D eigenvalue weighted by Crippen LogP contribution is 2.30. The number of carbonyl (C=O) groups excluding carboxylic acids is 2. The van der Waals surface area contributed by atoms with Crippen molar-refractivity contribution in [1.29, 1.82) is 0 Å². The van der Waals surface area contributed by atoms with Crippen LogP contribution in [0.3, 0.4) is 0 Å².